The second kappa shape index (κ2) is 5.32. The maximum atomic E-state index is 5.58. The van der Waals surface area contributed by atoms with Gasteiger partial charge in [0, 0.05) is 25.6 Å². The van der Waals surface area contributed by atoms with Crippen LogP contribution in [0, 0.1) is 0 Å². The summed E-state index contributed by atoms with van der Waals surface area (Å²) < 4.78 is 5.41. The molecule has 1 fully saturated rings. The zero-order valence-corrected chi connectivity index (χ0v) is 9.86. The number of rotatable bonds is 4. The van der Waals surface area contributed by atoms with E-state index >= 15 is 0 Å². The lowest BCUT2D eigenvalue weighted by atomic mass is 9.97. The Bertz CT molecular complexity index is 340. The van der Waals surface area contributed by atoms with Crippen LogP contribution in [0.2, 0.25) is 0 Å². The fourth-order valence-electron chi connectivity index (χ4n) is 2.48. The van der Waals surface area contributed by atoms with Crippen molar-refractivity contribution in [3.05, 3.63) is 29.8 Å². The molecular weight excluding hydrogens is 200 g/mol. The van der Waals surface area contributed by atoms with Crippen LogP contribution >= 0.6 is 0 Å². The van der Waals surface area contributed by atoms with Gasteiger partial charge in [-0.25, -0.2) is 0 Å². The Balaban J connectivity index is 2.08. The fourth-order valence-corrected chi connectivity index (χ4v) is 2.48. The van der Waals surface area contributed by atoms with Gasteiger partial charge in [-0.3, -0.25) is 0 Å². The van der Waals surface area contributed by atoms with E-state index in [1.807, 2.05) is 12.1 Å². The predicted octanol–water partition coefficient (Wildman–Crippen LogP) is 1.44. The molecule has 0 radical (unpaired) electrons. The molecule has 1 saturated heterocycles. The Labute approximate surface area is 97.2 Å². The van der Waals surface area contributed by atoms with Crippen LogP contribution in [0.4, 0.5) is 0 Å². The molecular formula is C13H20N2O. The van der Waals surface area contributed by atoms with Gasteiger partial charge in [-0.15, -0.1) is 0 Å². The first-order chi connectivity index (χ1) is 7.85. The van der Waals surface area contributed by atoms with Crippen molar-refractivity contribution < 1.29 is 4.74 Å². The minimum atomic E-state index is 0.600. The molecule has 1 heterocycles. The molecule has 1 aliphatic rings. The molecule has 1 aromatic carbocycles. The summed E-state index contributed by atoms with van der Waals surface area (Å²) in [4.78, 5) is 2.43. The number of hydrogen-bond acceptors (Lipinski definition) is 3. The number of nitrogens with two attached hydrogens (primary N) is 1. The molecule has 88 valence electrons. The van der Waals surface area contributed by atoms with Crippen molar-refractivity contribution in [2.45, 2.75) is 12.3 Å². The molecule has 3 nitrogen and oxygen atoms in total. The Morgan fingerprint density at radius 1 is 1.44 bits per heavy atom. The average Bonchev–Trinajstić information content (AvgIpc) is 2.78. The highest BCUT2D eigenvalue weighted by molar-refractivity contribution is 5.36. The van der Waals surface area contributed by atoms with Crippen LogP contribution in [0.3, 0.4) is 0 Å². The fraction of sp³-hybridized carbons (Fsp3) is 0.538. The van der Waals surface area contributed by atoms with Crippen molar-refractivity contribution in [2.75, 3.05) is 33.3 Å². The van der Waals surface area contributed by atoms with Gasteiger partial charge in [-0.2, -0.15) is 0 Å². The summed E-state index contributed by atoms with van der Waals surface area (Å²) >= 11 is 0. The van der Waals surface area contributed by atoms with Crippen molar-refractivity contribution in [1.29, 1.82) is 0 Å². The van der Waals surface area contributed by atoms with Crippen molar-refractivity contribution in [2.24, 2.45) is 5.73 Å². The lowest BCUT2D eigenvalue weighted by Crippen LogP contribution is -2.27. The van der Waals surface area contributed by atoms with Crippen molar-refractivity contribution >= 4 is 0 Å². The molecule has 1 aromatic rings. The smallest absolute Gasteiger partial charge is 0.122 e. The van der Waals surface area contributed by atoms with Crippen LogP contribution in [0.25, 0.3) is 0 Å². The van der Waals surface area contributed by atoms with E-state index < -0.39 is 0 Å². The number of hydrogen-bond donors (Lipinski definition) is 1. The lowest BCUT2D eigenvalue weighted by Gasteiger charge is -2.16. The number of nitrogens with zero attached hydrogens (tertiary/aromatic N) is 1. The molecule has 1 atom stereocenters. The van der Waals surface area contributed by atoms with Gasteiger partial charge in [0.15, 0.2) is 0 Å². The molecule has 2 N–H and O–H groups in total. The van der Waals surface area contributed by atoms with Crippen molar-refractivity contribution in [1.82, 2.24) is 4.90 Å². The Kier molecular flexibility index (Phi) is 3.80. The zero-order valence-electron chi connectivity index (χ0n) is 9.86. The van der Waals surface area contributed by atoms with Crippen LogP contribution < -0.4 is 10.5 Å². The minimum Gasteiger partial charge on any atom is -0.496 e. The second-order valence-electron chi connectivity index (χ2n) is 4.32. The Hall–Kier alpha value is -1.06. The van der Waals surface area contributed by atoms with Crippen LogP contribution in [-0.4, -0.2) is 38.2 Å². The van der Waals surface area contributed by atoms with Crippen LogP contribution in [0.15, 0.2) is 24.3 Å². The standard InChI is InChI=1S/C13H20N2O/c1-16-13-5-3-2-4-12(13)11-6-8-15(10-11)9-7-14/h2-5,11H,6-10,14H2,1H3/t11-/m1/s1. The van der Waals surface area contributed by atoms with Gasteiger partial charge < -0.3 is 15.4 Å². The second-order valence-corrected chi connectivity index (χ2v) is 4.32. The average molecular weight is 220 g/mol. The van der Waals surface area contributed by atoms with E-state index in [2.05, 4.69) is 17.0 Å². The van der Waals surface area contributed by atoms with Gasteiger partial charge in [0.05, 0.1) is 7.11 Å². The van der Waals surface area contributed by atoms with Gasteiger partial charge in [0.2, 0.25) is 0 Å². The van der Waals surface area contributed by atoms with E-state index in [1.54, 1.807) is 7.11 Å². The molecule has 0 aromatic heterocycles. The number of para-hydroxylation sites is 1. The monoisotopic (exact) mass is 220 g/mol. The molecule has 0 saturated carbocycles. The quantitative estimate of drug-likeness (QED) is 0.834. The Morgan fingerprint density at radius 3 is 3.00 bits per heavy atom. The third kappa shape index (κ3) is 2.36. The molecule has 0 amide bonds. The first kappa shape index (κ1) is 11.4. The van der Waals surface area contributed by atoms with E-state index in [-0.39, 0.29) is 0 Å². The first-order valence-electron chi connectivity index (χ1n) is 5.90. The van der Waals surface area contributed by atoms with Crippen LogP contribution in [0.5, 0.6) is 5.75 Å². The van der Waals surface area contributed by atoms with E-state index in [0.29, 0.717) is 5.92 Å². The van der Waals surface area contributed by atoms with E-state index in [1.165, 1.54) is 12.0 Å². The minimum absolute atomic E-state index is 0.600. The van der Waals surface area contributed by atoms with Gasteiger partial charge in [0.1, 0.15) is 5.75 Å². The van der Waals surface area contributed by atoms with Crippen molar-refractivity contribution in [3.63, 3.8) is 0 Å². The predicted molar refractivity (Wildman–Crippen MR) is 65.8 cm³/mol. The summed E-state index contributed by atoms with van der Waals surface area (Å²) in [6.07, 6.45) is 1.21. The molecule has 1 aliphatic heterocycles. The topological polar surface area (TPSA) is 38.5 Å². The maximum absolute atomic E-state index is 5.58. The zero-order chi connectivity index (χ0) is 11.4. The van der Waals surface area contributed by atoms with Crippen LogP contribution in [-0.2, 0) is 0 Å². The third-order valence-electron chi connectivity index (χ3n) is 3.30. The Morgan fingerprint density at radius 2 is 2.25 bits per heavy atom. The molecule has 2 rings (SSSR count). The molecule has 3 heteroatoms. The maximum Gasteiger partial charge on any atom is 0.122 e. The molecule has 0 bridgehead atoms. The van der Waals surface area contributed by atoms with E-state index in [4.69, 9.17) is 10.5 Å². The number of methoxy groups -OCH3 is 1. The van der Waals surface area contributed by atoms with Gasteiger partial charge >= 0.3 is 0 Å². The van der Waals surface area contributed by atoms with E-state index in [9.17, 15) is 0 Å². The van der Waals surface area contributed by atoms with Gasteiger partial charge in [-0.05, 0) is 24.6 Å². The van der Waals surface area contributed by atoms with Crippen molar-refractivity contribution in [3.8, 4) is 5.75 Å². The summed E-state index contributed by atoms with van der Waals surface area (Å²) in [7, 11) is 1.74. The first-order valence-corrected chi connectivity index (χ1v) is 5.90. The summed E-state index contributed by atoms with van der Waals surface area (Å²) in [6.45, 7) is 4.02. The summed E-state index contributed by atoms with van der Waals surface area (Å²) in [5, 5.41) is 0. The van der Waals surface area contributed by atoms with Gasteiger partial charge in [0.25, 0.3) is 0 Å². The highest BCUT2D eigenvalue weighted by atomic mass is 16.5. The molecule has 16 heavy (non-hydrogen) atoms. The summed E-state index contributed by atoms with van der Waals surface area (Å²) in [5.41, 5.74) is 6.92. The number of ether oxygens (including phenoxy) is 1. The SMILES string of the molecule is COc1ccccc1[C@@H]1CCN(CCN)C1. The van der Waals surface area contributed by atoms with Gasteiger partial charge in [-0.1, -0.05) is 18.2 Å². The number of benzene rings is 1. The summed E-state index contributed by atoms with van der Waals surface area (Å²) in [5.74, 6) is 1.62. The third-order valence-corrected chi connectivity index (χ3v) is 3.30. The molecule has 0 unspecified atom stereocenters. The number of likely N-dealkylation sites (tertiary alicyclic amines) is 1. The molecule has 0 spiro atoms. The molecule has 0 aliphatic carbocycles. The normalized spacial score (nSPS) is 21.2. The summed E-state index contributed by atoms with van der Waals surface area (Å²) in [6, 6.07) is 8.33. The largest absolute Gasteiger partial charge is 0.496 e. The van der Waals surface area contributed by atoms with E-state index in [0.717, 1.165) is 31.9 Å². The lowest BCUT2D eigenvalue weighted by molar-refractivity contribution is 0.342. The highest BCUT2D eigenvalue weighted by Gasteiger charge is 2.25. The highest BCUT2D eigenvalue weighted by Crippen LogP contribution is 2.32. The van der Waals surface area contributed by atoms with Crippen LogP contribution in [0.1, 0.15) is 17.9 Å².